The number of ether oxygens (including phenoxy) is 1. The smallest absolute Gasteiger partial charge is 0.215 e. The van der Waals surface area contributed by atoms with Crippen molar-refractivity contribution in [3.8, 4) is 17.2 Å². The van der Waals surface area contributed by atoms with Crippen LogP contribution in [-0.2, 0) is 9.59 Å². The van der Waals surface area contributed by atoms with Crippen molar-refractivity contribution in [2.45, 2.75) is 0 Å². The summed E-state index contributed by atoms with van der Waals surface area (Å²) in [5, 5.41) is 20.1. The highest BCUT2D eigenvalue weighted by molar-refractivity contribution is 7.07. The molecule has 0 fully saturated rings. The van der Waals surface area contributed by atoms with E-state index in [1.165, 1.54) is 49.0 Å². The molecule has 0 spiro atoms. The molecule has 0 unspecified atom stereocenters. The van der Waals surface area contributed by atoms with Crippen LogP contribution in [0.1, 0.15) is 11.3 Å². The van der Waals surface area contributed by atoms with E-state index in [0.717, 1.165) is 5.69 Å². The number of methoxy groups -OCH3 is 1. The van der Waals surface area contributed by atoms with Gasteiger partial charge in [-0.2, -0.15) is 5.10 Å². The van der Waals surface area contributed by atoms with E-state index in [9.17, 15) is 14.7 Å². The van der Waals surface area contributed by atoms with E-state index in [1.54, 1.807) is 22.1 Å². The number of hydrogen-bond donors (Lipinski definition) is 1. The second-order valence-corrected chi connectivity index (χ2v) is 7.34. The molecule has 0 atom stereocenters. The first-order valence-electron chi connectivity index (χ1n) is 9.25. The van der Waals surface area contributed by atoms with Gasteiger partial charge in [-0.15, -0.1) is 16.4 Å². The third-order valence-electron chi connectivity index (χ3n) is 4.50. The van der Waals surface area contributed by atoms with Crippen molar-refractivity contribution in [1.82, 2.24) is 4.57 Å². The third kappa shape index (κ3) is 4.29. The second kappa shape index (κ2) is 8.76. The van der Waals surface area contributed by atoms with Crippen LogP contribution in [0.5, 0.6) is 11.5 Å². The van der Waals surface area contributed by atoms with Gasteiger partial charge in [0.2, 0.25) is 4.80 Å². The molecule has 0 aliphatic heterocycles. The number of allylic oxidation sites excluding steroid dienone is 4. The molecule has 3 aromatic rings. The van der Waals surface area contributed by atoms with Crippen molar-refractivity contribution in [2.24, 2.45) is 10.2 Å². The Morgan fingerprint density at radius 2 is 1.90 bits per heavy atom. The first-order valence-corrected chi connectivity index (χ1v) is 10.1. The van der Waals surface area contributed by atoms with Crippen LogP contribution >= 0.6 is 11.3 Å². The Kier molecular flexibility index (Phi) is 5.72. The summed E-state index contributed by atoms with van der Waals surface area (Å²) in [7, 11) is 1.48. The van der Waals surface area contributed by atoms with E-state index in [-0.39, 0.29) is 17.3 Å². The van der Waals surface area contributed by atoms with E-state index < -0.39 is 0 Å². The molecule has 1 aromatic heterocycles. The number of para-hydroxylation sites is 1. The standard InChI is InChI=1S/C23H17N3O4S/c1-30-22-10-7-15(11-21(22)29)13-24-25-23-26(16-5-3-2-4-6-16)19(14-31-23)18-12-17(27)8-9-20(18)28/h2-14,29H,1H3/b24-13+,25-23-. The minimum absolute atomic E-state index is 0.00433. The number of ketones is 2. The van der Waals surface area contributed by atoms with Crippen molar-refractivity contribution >= 4 is 34.7 Å². The summed E-state index contributed by atoms with van der Waals surface area (Å²) in [6.45, 7) is 0. The van der Waals surface area contributed by atoms with E-state index in [4.69, 9.17) is 4.74 Å². The van der Waals surface area contributed by atoms with E-state index >= 15 is 0 Å². The first kappa shape index (κ1) is 20.2. The minimum atomic E-state index is -0.245. The highest BCUT2D eigenvalue weighted by atomic mass is 32.1. The van der Waals surface area contributed by atoms with Gasteiger partial charge in [0.05, 0.1) is 24.6 Å². The first-order chi connectivity index (χ1) is 15.1. The van der Waals surface area contributed by atoms with Gasteiger partial charge >= 0.3 is 0 Å². The van der Waals surface area contributed by atoms with Crippen molar-refractivity contribution in [2.75, 3.05) is 7.11 Å². The summed E-state index contributed by atoms with van der Waals surface area (Å²) in [4.78, 5) is 24.8. The summed E-state index contributed by atoms with van der Waals surface area (Å²) < 4.78 is 6.82. The maximum atomic E-state index is 12.4. The predicted molar refractivity (Wildman–Crippen MR) is 119 cm³/mol. The number of aromatic nitrogens is 1. The van der Waals surface area contributed by atoms with Crippen LogP contribution in [0.15, 0.2) is 82.3 Å². The lowest BCUT2D eigenvalue weighted by molar-refractivity contribution is -0.113. The number of nitrogens with zero attached hydrogens (tertiary/aromatic N) is 3. The summed E-state index contributed by atoms with van der Waals surface area (Å²) in [6, 6.07) is 14.3. The summed E-state index contributed by atoms with van der Waals surface area (Å²) in [6.07, 6.45) is 5.36. The highest BCUT2D eigenvalue weighted by Crippen LogP contribution is 2.26. The van der Waals surface area contributed by atoms with Crippen LogP contribution in [-0.4, -0.2) is 34.6 Å². The molecule has 0 radical (unpaired) electrons. The SMILES string of the molecule is COc1ccc(/C=N/N=c2\scc(C3=CC(=O)C=CC3=O)n2-c2ccccc2)cc1O. The number of thiazole rings is 1. The van der Waals surface area contributed by atoms with Gasteiger partial charge in [0.1, 0.15) is 0 Å². The molecule has 1 aliphatic rings. The van der Waals surface area contributed by atoms with Crippen molar-refractivity contribution in [3.05, 3.63) is 88.2 Å². The van der Waals surface area contributed by atoms with E-state index in [2.05, 4.69) is 10.2 Å². The van der Waals surface area contributed by atoms with Crippen molar-refractivity contribution in [3.63, 3.8) is 0 Å². The van der Waals surface area contributed by atoms with Crippen LogP contribution in [0.25, 0.3) is 11.3 Å². The predicted octanol–water partition coefficient (Wildman–Crippen LogP) is 3.28. The normalized spacial score (nSPS) is 14.4. The van der Waals surface area contributed by atoms with Crippen LogP contribution in [0, 0.1) is 0 Å². The Bertz CT molecular complexity index is 1310. The number of carbonyl (C=O) groups excluding carboxylic acids is 2. The molecule has 0 saturated heterocycles. The lowest BCUT2D eigenvalue weighted by Gasteiger charge is -2.11. The Balaban J connectivity index is 1.78. The molecule has 0 saturated carbocycles. The molecule has 4 rings (SSSR count). The minimum Gasteiger partial charge on any atom is -0.504 e. The molecule has 0 bridgehead atoms. The van der Waals surface area contributed by atoms with Gasteiger partial charge in [0, 0.05) is 11.1 Å². The van der Waals surface area contributed by atoms with Crippen LogP contribution < -0.4 is 9.54 Å². The number of phenols is 1. The molecule has 154 valence electrons. The zero-order chi connectivity index (χ0) is 21.8. The van der Waals surface area contributed by atoms with Crippen LogP contribution in [0.4, 0.5) is 0 Å². The van der Waals surface area contributed by atoms with Gasteiger partial charge in [0.25, 0.3) is 0 Å². The highest BCUT2D eigenvalue weighted by Gasteiger charge is 2.20. The monoisotopic (exact) mass is 431 g/mol. The van der Waals surface area contributed by atoms with Crippen LogP contribution in [0.2, 0.25) is 0 Å². The van der Waals surface area contributed by atoms with Gasteiger partial charge in [0.15, 0.2) is 23.1 Å². The van der Waals surface area contributed by atoms with Gasteiger partial charge in [-0.05, 0) is 54.1 Å². The Hall–Kier alpha value is -4.04. The quantitative estimate of drug-likeness (QED) is 0.381. The lowest BCUT2D eigenvalue weighted by Crippen LogP contribution is -2.18. The molecular formula is C23H17N3O4S. The van der Waals surface area contributed by atoms with Gasteiger partial charge < -0.3 is 9.84 Å². The van der Waals surface area contributed by atoms with E-state index in [0.29, 0.717) is 27.4 Å². The van der Waals surface area contributed by atoms with Crippen molar-refractivity contribution < 1.29 is 19.4 Å². The van der Waals surface area contributed by atoms with Gasteiger partial charge in [-0.25, -0.2) is 0 Å². The molecule has 2 aromatic carbocycles. The molecule has 8 heteroatoms. The Morgan fingerprint density at radius 1 is 1.10 bits per heavy atom. The summed E-state index contributed by atoms with van der Waals surface area (Å²) in [5.41, 5.74) is 2.30. The molecule has 1 N–H and O–H groups in total. The van der Waals surface area contributed by atoms with Crippen molar-refractivity contribution in [1.29, 1.82) is 0 Å². The fourth-order valence-electron chi connectivity index (χ4n) is 3.04. The zero-order valence-corrected chi connectivity index (χ0v) is 17.2. The average molecular weight is 431 g/mol. The molecule has 1 aliphatic carbocycles. The number of aromatic hydroxyl groups is 1. The largest absolute Gasteiger partial charge is 0.504 e. The number of rotatable bonds is 5. The number of phenolic OH excluding ortho intramolecular Hbond substituents is 1. The van der Waals surface area contributed by atoms with Crippen LogP contribution in [0.3, 0.4) is 0 Å². The number of benzene rings is 2. The van der Waals surface area contributed by atoms with Gasteiger partial charge in [-0.3, -0.25) is 14.2 Å². The number of hydrogen-bond acceptors (Lipinski definition) is 7. The Morgan fingerprint density at radius 3 is 2.65 bits per heavy atom. The topological polar surface area (TPSA) is 93.3 Å². The second-order valence-electron chi connectivity index (χ2n) is 6.51. The molecular weight excluding hydrogens is 414 g/mol. The molecule has 31 heavy (non-hydrogen) atoms. The third-order valence-corrected chi connectivity index (χ3v) is 5.32. The zero-order valence-electron chi connectivity index (χ0n) is 16.4. The molecule has 7 nitrogen and oxygen atoms in total. The number of carbonyl (C=O) groups is 2. The average Bonchev–Trinajstić information content (AvgIpc) is 3.20. The fraction of sp³-hybridized carbons (Fsp3) is 0.0435. The molecule has 0 amide bonds. The molecule has 1 heterocycles. The Labute approximate surface area is 181 Å². The fourth-order valence-corrected chi connectivity index (χ4v) is 3.89. The summed E-state index contributed by atoms with van der Waals surface area (Å²) in [5.74, 6) is -0.111. The summed E-state index contributed by atoms with van der Waals surface area (Å²) >= 11 is 1.30. The maximum absolute atomic E-state index is 12.4. The maximum Gasteiger partial charge on any atom is 0.215 e. The van der Waals surface area contributed by atoms with Gasteiger partial charge in [-0.1, -0.05) is 18.2 Å². The van der Waals surface area contributed by atoms with E-state index in [1.807, 2.05) is 30.3 Å². The lowest BCUT2D eigenvalue weighted by atomic mass is 10.0.